The van der Waals surface area contributed by atoms with E-state index in [-0.39, 0.29) is 24.3 Å². The maximum absolute atomic E-state index is 11.9. The molecule has 0 radical (unpaired) electrons. The summed E-state index contributed by atoms with van der Waals surface area (Å²) >= 11 is 0. The van der Waals surface area contributed by atoms with E-state index in [1.54, 1.807) is 45.4 Å². The van der Waals surface area contributed by atoms with Gasteiger partial charge in [0.05, 0.1) is 0 Å². The van der Waals surface area contributed by atoms with E-state index in [2.05, 4.69) is 10.6 Å². The van der Waals surface area contributed by atoms with Crippen LogP contribution in [0.4, 0.5) is 5.69 Å². The summed E-state index contributed by atoms with van der Waals surface area (Å²) in [6, 6.07) is 7.00. The van der Waals surface area contributed by atoms with E-state index in [9.17, 15) is 9.59 Å². The van der Waals surface area contributed by atoms with E-state index in [4.69, 9.17) is 4.74 Å². The Morgan fingerprint density at radius 2 is 2.05 bits per heavy atom. The van der Waals surface area contributed by atoms with Crippen LogP contribution in [0.2, 0.25) is 0 Å². The smallest absolute Gasteiger partial charge is 0.259 e. The van der Waals surface area contributed by atoms with E-state index in [1.165, 1.54) is 4.90 Å². The fraction of sp³-hybridized carbons (Fsp3) is 0.467. The van der Waals surface area contributed by atoms with Crippen molar-refractivity contribution in [3.8, 4) is 5.75 Å². The molecule has 0 heterocycles. The molecule has 1 unspecified atom stereocenters. The number of hydrogen-bond acceptors (Lipinski definition) is 4. The summed E-state index contributed by atoms with van der Waals surface area (Å²) in [6.45, 7) is 2.43. The lowest BCUT2D eigenvalue weighted by atomic mass is 10.1. The van der Waals surface area contributed by atoms with Crippen LogP contribution >= 0.6 is 0 Å². The van der Waals surface area contributed by atoms with Crippen LogP contribution in [0.15, 0.2) is 24.3 Å². The highest BCUT2D eigenvalue weighted by Gasteiger charge is 2.12. The van der Waals surface area contributed by atoms with Crippen LogP contribution in [0.5, 0.6) is 5.75 Å². The summed E-state index contributed by atoms with van der Waals surface area (Å²) in [6.07, 6.45) is 0. The van der Waals surface area contributed by atoms with Gasteiger partial charge in [0, 0.05) is 38.3 Å². The number of ether oxygens (including phenoxy) is 1. The van der Waals surface area contributed by atoms with Gasteiger partial charge in [-0.15, -0.1) is 0 Å². The van der Waals surface area contributed by atoms with Gasteiger partial charge in [-0.05, 0) is 19.2 Å². The minimum Gasteiger partial charge on any atom is -0.484 e. The summed E-state index contributed by atoms with van der Waals surface area (Å²) in [4.78, 5) is 24.8. The largest absolute Gasteiger partial charge is 0.484 e. The lowest BCUT2D eigenvalue weighted by Crippen LogP contribution is -2.28. The number of nitrogens with one attached hydrogen (secondary N) is 2. The fourth-order valence-electron chi connectivity index (χ4n) is 1.60. The fourth-order valence-corrected chi connectivity index (χ4v) is 1.60. The Balaban J connectivity index is 2.60. The molecule has 0 spiro atoms. The number of amides is 2. The van der Waals surface area contributed by atoms with Gasteiger partial charge < -0.3 is 20.3 Å². The number of nitrogens with zero attached hydrogens (tertiary/aromatic N) is 1. The average molecular weight is 293 g/mol. The third-order valence-corrected chi connectivity index (χ3v) is 2.92. The molecule has 1 aromatic rings. The quantitative estimate of drug-likeness (QED) is 0.785. The van der Waals surface area contributed by atoms with Crippen molar-refractivity contribution in [2.24, 2.45) is 5.92 Å². The Morgan fingerprint density at radius 1 is 1.33 bits per heavy atom. The Kier molecular flexibility index (Phi) is 6.68. The number of anilines is 1. The monoisotopic (exact) mass is 293 g/mol. The van der Waals surface area contributed by atoms with Gasteiger partial charge in [-0.25, -0.2) is 0 Å². The summed E-state index contributed by atoms with van der Waals surface area (Å²) < 4.78 is 5.40. The van der Waals surface area contributed by atoms with Gasteiger partial charge in [0.25, 0.3) is 5.91 Å². The Morgan fingerprint density at radius 3 is 2.67 bits per heavy atom. The zero-order chi connectivity index (χ0) is 15.8. The summed E-state index contributed by atoms with van der Waals surface area (Å²) in [5.74, 6) is 0.233. The SMILES string of the molecule is CNCC(C)C(=O)Nc1cccc(OCC(=O)N(C)C)c1. The van der Waals surface area contributed by atoms with E-state index < -0.39 is 0 Å². The Labute approximate surface area is 125 Å². The molecule has 6 nitrogen and oxygen atoms in total. The molecule has 1 aromatic carbocycles. The van der Waals surface area contributed by atoms with Crippen molar-refractivity contribution in [1.29, 1.82) is 0 Å². The highest BCUT2D eigenvalue weighted by atomic mass is 16.5. The number of benzene rings is 1. The molecule has 0 saturated carbocycles. The van der Waals surface area contributed by atoms with Crippen molar-refractivity contribution in [1.82, 2.24) is 10.2 Å². The van der Waals surface area contributed by atoms with Crippen LogP contribution in [0, 0.1) is 5.92 Å². The molecule has 1 atom stereocenters. The second-order valence-corrected chi connectivity index (χ2v) is 5.05. The van der Waals surface area contributed by atoms with Crippen molar-refractivity contribution in [3.63, 3.8) is 0 Å². The topological polar surface area (TPSA) is 70.7 Å². The van der Waals surface area contributed by atoms with Crippen LogP contribution in [0.25, 0.3) is 0 Å². The summed E-state index contributed by atoms with van der Waals surface area (Å²) in [5, 5.41) is 5.78. The van der Waals surface area contributed by atoms with Crippen molar-refractivity contribution in [3.05, 3.63) is 24.3 Å². The predicted octanol–water partition coefficient (Wildman–Crippen LogP) is 0.948. The second kappa shape index (κ2) is 8.26. The minimum atomic E-state index is -0.130. The number of rotatable bonds is 7. The summed E-state index contributed by atoms with van der Waals surface area (Å²) in [7, 11) is 5.15. The molecule has 0 bridgehead atoms. The third kappa shape index (κ3) is 5.83. The Hall–Kier alpha value is -2.08. The number of carbonyl (C=O) groups is 2. The summed E-state index contributed by atoms with van der Waals surface area (Å²) in [5.41, 5.74) is 0.651. The van der Waals surface area contributed by atoms with Crippen molar-refractivity contribution in [2.45, 2.75) is 6.92 Å². The molecular formula is C15H23N3O3. The molecule has 116 valence electrons. The van der Waals surface area contributed by atoms with Crippen molar-refractivity contribution >= 4 is 17.5 Å². The molecule has 2 amide bonds. The normalized spacial score (nSPS) is 11.6. The van der Waals surface area contributed by atoms with Crippen LogP contribution in [0.1, 0.15) is 6.92 Å². The molecule has 0 aliphatic rings. The van der Waals surface area contributed by atoms with Crippen molar-refractivity contribution < 1.29 is 14.3 Å². The highest BCUT2D eigenvalue weighted by molar-refractivity contribution is 5.92. The predicted molar refractivity (Wildman–Crippen MR) is 82.4 cm³/mol. The molecule has 0 saturated heterocycles. The highest BCUT2D eigenvalue weighted by Crippen LogP contribution is 2.18. The van der Waals surface area contributed by atoms with Gasteiger partial charge >= 0.3 is 0 Å². The molecule has 0 aliphatic carbocycles. The lowest BCUT2D eigenvalue weighted by Gasteiger charge is -2.14. The van der Waals surface area contributed by atoms with Crippen LogP contribution < -0.4 is 15.4 Å². The first-order valence-electron chi connectivity index (χ1n) is 6.82. The first kappa shape index (κ1) is 17.0. The van der Waals surface area contributed by atoms with E-state index in [0.717, 1.165) is 0 Å². The van der Waals surface area contributed by atoms with Gasteiger partial charge in [0.15, 0.2) is 6.61 Å². The molecule has 0 fully saturated rings. The number of carbonyl (C=O) groups excluding carboxylic acids is 2. The van der Waals surface area contributed by atoms with Gasteiger partial charge in [0.1, 0.15) is 5.75 Å². The van der Waals surface area contributed by atoms with Gasteiger partial charge in [-0.3, -0.25) is 9.59 Å². The van der Waals surface area contributed by atoms with Crippen LogP contribution in [0.3, 0.4) is 0 Å². The minimum absolute atomic E-state index is 0.0272. The van der Waals surface area contributed by atoms with Crippen LogP contribution in [-0.2, 0) is 9.59 Å². The maximum atomic E-state index is 11.9. The molecule has 0 aliphatic heterocycles. The molecule has 6 heteroatoms. The molecule has 21 heavy (non-hydrogen) atoms. The van der Waals surface area contributed by atoms with E-state index >= 15 is 0 Å². The Bertz CT molecular complexity index is 489. The van der Waals surface area contributed by atoms with Gasteiger partial charge in [-0.2, -0.15) is 0 Å². The average Bonchev–Trinajstić information content (AvgIpc) is 2.45. The second-order valence-electron chi connectivity index (χ2n) is 5.05. The van der Waals surface area contributed by atoms with Crippen molar-refractivity contribution in [2.75, 3.05) is 39.6 Å². The number of likely N-dealkylation sites (N-methyl/N-ethyl adjacent to an activating group) is 1. The lowest BCUT2D eigenvalue weighted by molar-refractivity contribution is -0.130. The van der Waals surface area contributed by atoms with E-state index in [1.807, 2.05) is 6.92 Å². The molecular weight excluding hydrogens is 270 g/mol. The third-order valence-electron chi connectivity index (χ3n) is 2.92. The zero-order valence-electron chi connectivity index (χ0n) is 13.0. The molecule has 2 N–H and O–H groups in total. The standard InChI is InChI=1S/C15H23N3O3/c1-11(9-16-2)15(20)17-12-6-5-7-13(8-12)21-10-14(19)18(3)4/h5-8,11,16H,9-10H2,1-4H3,(H,17,20). The first-order valence-corrected chi connectivity index (χ1v) is 6.82. The molecule has 0 aromatic heterocycles. The maximum Gasteiger partial charge on any atom is 0.259 e. The van der Waals surface area contributed by atoms with E-state index in [0.29, 0.717) is 18.0 Å². The van der Waals surface area contributed by atoms with Gasteiger partial charge in [-0.1, -0.05) is 13.0 Å². The molecule has 1 rings (SSSR count). The number of hydrogen-bond donors (Lipinski definition) is 2. The van der Waals surface area contributed by atoms with Gasteiger partial charge in [0.2, 0.25) is 5.91 Å². The zero-order valence-corrected chi connectivity index (χ0v) is 13.0. The first-order chi connectivity index (χ1) is 9.93. The van der Waals surface area contributed by atoms with Crippen LogP contribution in [-0.4, -0.2) is 51.0 Å².